The molecule has 258 valence electrons. The molecule has 0 bridgehead atoms. The summed E-state index contributed by atoms with van der Waals surface area (Å²) in [7, 11) is 0. The smallest absolute Gasteiger partial charge is 0.320 e. The lowest BCUT2D eigenvalue weighted by molar-refractivity contribution is -0.219. The van der Waals surface area contributed by atoms with E-state index in [0.717, 1.165) is 18.8 Å². The molecule has 3 N–H and O–H groups in total. The Bertz CT molecular complexity index is 1190. The van der Waals surface area contributed by atoms with Gasteiger partial charge in [-0.1, -0.05) is 96.1 Å². The molecule has 0 aliphatic heterocycles. The third-order valence-corrected chi connectivity index (χ3v) is 13.2. The number of nitrogens with one attached hydrogen (secondary N) is 1. The number of ether oxygens (including phenoxy) is 1. The Morgan fingerprint density at radius 1 is 1.02 bits per heavy atom. The molecule has 8 atom stereocenters. The molecular formula is C38H58FNO6. The second kappa shape index (κ2) is 14.3. The van der Waals surface area contributed by atoms with Gasteiger partial charge in [0.1, 0.15) is 5.60 Å². The van der Waals surface area contributed by atoms with Crippen molar-refractivity contribution < 1.29 is 33.7 Å². The van der Waals surface area contributed by atoms with Gasteiger partial charge < -0.3 is 20.3 Å². The number of carbonyl (C=O) groups excluding carboxylic acids is 3. The highest BCUT2D eigenvalue weighted by Gasteiger charge is 2.75. The van der Waals surface area contributed by atoms with E-state index in [9.17, 15) is 24.6 Å². The number of hydrogen-bond donors (Lipinski definition) is 3. The van der Waals surface area contributed by atoms with Crippen molar-refractivity contribution >= 4 is 17.5 Å². The lowest BCUT2D eigenvalue weighted by Gasteiger charge is -2.62. The first-order valence-electron chi connectivity index (χ1n) is 18.3. The zero-order valence-electron chi connectivity index (χ0n) is 28.5. The van der Waals surface area contributed by atoms with Crippen molar-refractivity contribution in [1.82, 2.24) is 5.32 Å². The van der Waals surface area contributed by atoms with Crippen LogP contribution in [-0.4, -0.2) is 64.8 Å². The third kappa shape index (κ3) is 6.32. The van der Waals surface area contributed by atoms with Crippen LogP contribution in [0.5, 0.6) is 0 Å². The SMILES string of the molecule is C[C@@H]1CC2[C@@H]3CCC4=CC(=O)C=C[C@]4(C)[C@@]3(F)[C@@H](O)C[C@]2(C)[C@@]1(O)C(=O)COC(=O)CNCCCCCC1CCCCCCCC1. The number of rotatable bonds is 11. The van der Waals surface area contributed by atoms with Gasteiger partial charge >= 0.3 is 5.97 Å². The molecule has 1 unspecified atom stereocenters. The van der Waals surface area contributed by atoms with Crippen LogP contribution in [0.15, 0.2) is 23.8 Å². The number of carbonyl (C=O) groups is 3. The Balaban J connectivity index is 1.10. The fraction of sp³-hybridized carbons (Fsp3) is 0.816. The van der Waals surface area contributed by atoms with Crippen LogP contribution < -0.4 is 5.32 Å². The van der Waals surface area contributed by atoms with Crippen LogP contribution >= 0.6 is 0 Å². The van der Waals surface area contributed by atoms with E-state index in [4.69, 9.17) is 4.74 Å². The first kappa shape index (κ1) is 35.4. The van der Waals surface area contributed by atoms with E-state index < -0.39 is 58.4 Å². The number of halogens is 1. The molecule has 0 amide bonds. The highest BCUT2D eigenvalue weighted by molar-refractivity contribution is 6.01. The van der Waals surface area contributed by atoms with Gasteiger partial charge in [0.05, 0.1) is 12.6 Å². The summed E-state index contributed by atoms with van der Waals surface area (Å²) in [4.78, 5) is 38.3. The van der Waals surface area contributed by atoms with Gasteiger partial charge in [-0.15, -0.1) is 0 Å². The summed E-state index contributed by atoms with van der Waals surface area (Å²) in [6.45, 7) is 5.49. The Labute approximate surface area is 275 Å². The molecule has 5 aliphatic rings. The third-order valence-electron chi connectivity index (χ3n) is 13.2. The van der Waals surface area contributed by atoms with Crippen molar-refractivity contribution in [3.05, 3.63) is 23.8 Å². The van der Waals surface area contributed by atoms with Crippen LogP contribution in [0.4, 0.5) is 4.39 Å². The quantitative estimate of drug-likeness (QED) is 0.178. The number of unbranched alkanes of at least 4 members (excludes halogenated alkanes) is 2. The van der Waals surface area contributed by atoms with E-state index in [1.807, 2.05) is 0 Å². The Hall–Kier alpha value is -1.90. The summed E-state index contributed by atoms with van der Waals surface area (Å²) in [5.74, 6) is -1.90. The maximum Gasteiger partial charge on any atom is 0.320 e. The summed E-state index contributed by atoms with van der Waals surface area (Å²) >= 11 is 0. The zero-order valence-corrected chi connectivity index (χ0v) is 28.5. The monoisotopic (exact) mass is 643 g/mol. The number of esters is 1. The Kier molecular flexibility index (Phi) is 11.0. The van der Waals surface area contributed by atoms with Crippen LogP contribution in [0.3, 0.4) is 0 Å². The topological polar surface area (TPSA) is 113 Å². The highest BCUT2D eigenvalue weighted by atomic mass is 19.1. The van der Waals surface area contributed by atoms with E-state index in [-0.39, 0.29) is 24.7 Å². The number of hydrogen-bond acceptors (Lipinski definition) is 7. The maximum atomic E-state index is 17.3. The number of allylic oxidation sites excluding steroid dienone is 4. The van der Waals surface area contributed by atoms with Gasteiger partial charge in [0.15, 0.2) is 18.1 Å². The first-order valence-corrected chi connectivity index (χ1v) is 18.3. The summed E-state index contributed by atoms with van der Waals surface area (Å²) in [5, 5.41) is 26.7. The van der Waals surface area contributed by atoms with Gasteiger partial charge in [-0.25, -0.2) is 4.39 Å². The molecule has 0 aromatic rings. The molecule has 5 rings (SSSR count). The molecular weight excluding hydrogens is 585 g/mol. The van der Waals surface area contributed by atoms with Gasteiger partial charge in [-0.2, -0.15) is 0 Å². The fourth-order valence-corrected chi connectivity index (χ4v) is 10.5. The van der Waals surface area contributed by atoms with Crippen LogP contribution in [0, 0.1) is 34.5 Å². The second-order valence-electron chi connectivity index (χ2n) is 15.8. The molecule has 0 aromatic carbocycles. The van der Waals surface area contributed by atoms with Gasteiger partial charge in [0, 0.05) is 16.7 Å². The minimum atomic E-state index is -2.03. The van der Waals surface area contributed by atoms with E-state index in [1.165, 1.54) is 76.4 Å². The Morgan fingerprint density at radius 2 is 1.72 bits per heavy atom. The normalized spacial score (nSPS) is 39.7. The minimum Gasteiger partial charge on any atom is -0.457 e. The molecule has 8 heteroatoms. The molecule has 0 heterocycles. The van der Waals surface area contributed by atoms with Crippen LogP contribution in [-0.2, 0) is 19.1 Å². The number of fused-ring (bicyclic) bond motifs is 5. The molecule has 0 aromatic heterocycles. The lowest BCUT2D eigenvalue weighted by atomic mass is 9.44. The number of Topliss-reactive ketones (excluding diaryl/α,β-unsaturated/α-hetero) is 1. The fourth-order valence-electron chi connectivity index (χ4n) is 10.5. The number of aliphatic hydroxyl groups is 2. The predicted octanol–water partition coefficient (Wildman–Crippen LogP) is 6.35. The van der Waals surface area contributed by atoms with E-state index >= 15 is 4.39 Å². The number of alkyl halides is 1. The van der Waals surface area contributed by atoms with Crippen molar-refractivity contribution in [1.29, 1.82) is 0 Å². The lowest BCUT2D eigenvalue weighted by Crippen LogP contribution is -2.69. The predicted molar refractivity (Wildman–Crippen MR) is 176 cm³/mol. The first-order chi connectivity index (χ1) is 21.9. The summed E-state index contributed by atoms with van der Waals surface area (Å²) in [6, 6.07) is 0. The average molecular weight is 644 g/mol. The van der Waals surface area contributed by atoms with E-state index in [1.54, 1.807) is 26.8 Å². The van der Waals surface area contributed by atoms with Crippen molar-refractivity contribution in [2.24, 2.45) is 34.5 Å². The zero-order chi connectivity index (χ0) is 33.2. The summed E-state index contributed by atoms with van der Waals surface area (Å²) < 4.78 is 22.7. The van der Waals surface area contributed by atoms with Gasteiger partial charge in [-0.3, -0.25) is 14.4 Å². The van der Waals surface area contributed by atoms with Gasteiger partial charge in [0.2, 0.25) is 5.78 Å². The number of aliphatic hydroxyl groups excluding tert-OH is 1. The molecule has 46 heavy (non-hydrogen) atoms. The average Bonchev–Trinajstić information content (AvgIpc) is 3.30. The van der Waals surface area contributed by atoms with Crippen LogP contribution in [0.1, 0.15) is 124 Å². The van der Waals surface area contributed by atoms with Crippen molar-refractivity contribution in [3.8, 4) is 0 Å². The molecule has 4 saturated carbocycles. The molecule has 0 spiro atoms. The Morgan fingerprint density at radius 3 is 2.43 bits per heavy atom. The largest absolute Gasteiger partial charge is 0.457 e. The molecule has 5 aliphatic carbocycles. The maximum absolute atomic E-state index is 17.3. The van der Waals surface area contributed by atoms with Gasteiger partial charge in [0.25, 0.3) is 0 Å². The van der Waals surface area contributed by atoms with Gasteiger partial charge in [-0.05, 0) is 75.5 Å². The van der Waals surface area contributed by atoms with Crippen molar-refractivity contribution in [2.75, 3.05) is 19.7 Å². The summed E-state index contributed by atoms with van der Waals surface area (Å²) in [6.07, 6.45) is 20.0. The van der Waals surface area contributed by atoms with E-state index in [2.05, 4.69) is 5.32 Å². The highest BCUT2D eigenvalue weighted by Crippen LogP contribution is 2.70. The van der Waals surface area contributed by atoms with Crippen LogP contribution in [0.2, 0.25) is 0 Å². The summed E-state index contributed by atoms with van der Waals surface area (Å²) in [5.41, 5.74) is -5.42. The molecule has 0 saturated heterocycles. The van der Waals surface area contributed by atoms with Crippen molar-refractivity contribution in [2.45, 2.75) is 141 Å². The molecule has 0 radical (unpaired) electrons. The molecule has 4 fully saturated rings. The standard InChI is InChI=1S/C38H58FNO6/c1-26-21-31-30-17-16-28-22-29(41)18-19-35(28,2)37(30,39)32(42)23-36(31,3)38(26,45)33(43)25-46-34(44)24-40-20-12-8-11-15-27-13-9-6-4-5-7-10-14-27/h18-19,22,26-27,30-32,40,42,45H,4-17,20-21,23-25H2,1-3H3/t26-,30+,31?,32+,35+,36+,37+,38+/m1/s1. The van der Waals surface area contributed by atoms with Crippen molar-refractivity contribution in [3.63, 3.8) is 0 Å². The van der Waals surface area contributed by atoms with Crippen LogP contribution in [0.25, 0.3) is 0 Å². The minimum absolute atomic E-state index is 0.000601. The molecule has 7 nitrogen and oxygen atoms in total. The number of ketones is 2. The van der Waals surface area contributed by atoms with E-state index in [0.29, 0.717) is 31.4 Å². The second-order valence-corrected chi connectivity index (χ2v) is 15.8.